The summed E-state index contributed by atoms with van der Waals surface area (Å²) in [6, 6.07) is 6.65. The summed E-state index contributed by atoms with van der Waals surface area (Å²) in [4.78, 5) is 37.4. The molecule has 35 heavy (non-hydrogen) atoms. The lowest BCUT2D eigenvalue weighted by Crippen LogP contribution is -2.52. The molecule has 0 aromatic heterocycles. The standard InChI is InChI=1S/C22H34N2O10S/c1-30-19(31-2)12-8-11-18(21(26)32-3)23-20(25)17(13-14-34-35(4,28)29)24-22(27)33-15-16-9-6-5-7-10-16/h5-7,9-10,17-19H,8,11-15H2,1-4H3,(H,23,25)(H,24,27)/t17-,18+/m0/s1. The third kappa shape index (κ3) is 13.1. The molecule has 0 bridgehead atoms. The molecule has 2 N–H and O–H groups in total. The lowest BCUT2D eigenvalue weighted by Gasteiger charge is -2.22. The van der Waals surface area contributed by atoms with Crippen molar-refractivity contribution in [3.05, 3.63) is 35.9 Å². The van der Waals surface area contributed by atoms with Crippen LogP contribution >= 0.6 is 0 Å². The van der Waals surface area contributed by atoms with Crippen molar-refractivity contribution in [3.8, 4) is 0 Å². The SMILES string of the molecule is COC(=O)[C@@H](CCCC(OC)OC)NC(=O)[C@H](CCOS(C)(=O)=O)NC(=O)OCc1ccccc1. The number of hydrogen-bond acceptors (Lipinski definition) is 10. The number of ether oxygens (including phenoxy) is 4. The van der Waals surface area contributed by atoms with E-state index in [9.17, 15) is 22.8 Å². The van der Waals surface area contributed by atoms with Gasteiger partial charge in [0.2, 0.25) is 5.91 Å². The first-order valence-electron chi connectivity index (χ1n) is 10.8. The van der Waals surface area contributed by atoms with Crippen LogP contribution in [-0.4, -0.2) is 79.0 Å². The van der Waals surface area contributed by atoms with Crippen molar-refractivity contribution >= 4 is 28.1 Å². The number of alkyl carbamates (subject to hydrolysis) is 1. The highest BCUT2D eigenvalue weighted by atomic mass is 32.2. The summed E-state index contributed by atoms with van der Waals surface area (Å²) in [7, 11) is 0.397. The monoisotopic (exact) mass is 518 g/mol. The van der Waals surface area contributed by atoms with Gasteiger partial charge in [-0.25, -0.2) is 9.59 Å². The molecular formula is C22H34N2O10S. The molecule has 0 saturated heterocycles. The molecule has 0 fully saturated rings. The second-order valence-electron chi connectivity index (χ2n) is 7.49. The predicted octanol–water partition coefficient (Wildman–Crippen LogP) is 1.09. The number of amides is 2. The fourth-order valence-electron chi connectivity index (χ4n) is 2.98. The van der Waals surface area contributed by atoms with Crippen LogP contribution in [0.25, 0.3) is 0 Å². The van der Waals surface area contributed by atoms with Crippen LogP contribution in [0.4, 0.5) is 4.79 Å². The third-order valence-corrected chi connectivity index (χ3v) is 5.38. The first-order valence-corrected chi connectivity index (χ1v) is 12.7. The van der Waals surface area contributed by atoms with Crippen LogP contribution in [0.1, 0.15) is 31.2 Å². The second kappa shape index (κ2) is 16.0. The molecular weight excluding hydrogens is 484 g/mol. The molecule has 2 atom stereocenters. The Labute approximate surface area is 205 Å². The Morgan fingerprint density at radius 3 is 2.14 bits per heavy atom. The highest BCUT2D eigenvalue weighted by Crippen LogP contribution is 2.10. The van der Waals surface area contributed by atoms with Gasteiger partial charge in [0.15, 0.2) is 6.29 Å². The average Bonchev–Trinajstić information content (AvgIpc) is 2.83. The number of hydrogen-bond donors (Lipinski definition) is 2. The third-order valence-electron chi connectivity index (χ3n) is 4.79. The van der Waals surface area contributed by atoms with Crippen LogP contribution in [0.15, 0.2) is 30.3 Å². The number of carbonyl (C=O) groups excluding carboxylic acids is 3. The van der Waals surface area contributed by atoms with Gasteiger partial charge in [-0.3, -0.25) is 8.98 Å². The molecule has 12 nitrogen and oxygen atoms in total. The summed E-state index contributed by atoms with van der Waals surface area (Å²) in [5, 5.41) is 4.92. The zero-order chi connectivity index (χ0) is 26.3. The molecule has 13 heteroatoms. The van der Waals surface area contributed by atoms with E-state index in [1.54, 1.807) is 24.3 Å². The van der Waals surface area contributed by atoms with Gasteiger partial charge in [0.25, 0.3) is 10.1 Å². The predicted molar refractivity (Wildman–Crippen MR) is 125 cm³/mol. The fraction of sp³-hybridized carbons (Fsp3) is 0.591. The van der Waals surface area contributed by atoms with Gasteiger partial charge in [-0.05, 0) is 24.8 Å². The highest BCUT2D eigenvalue weighted by molar-refractivity contribution is 7.85. The van der Waals surface area contributed by atoms with Crippen LogP contribution < -0.4 is 10.6 Å². The fourth-order valence-corrected chi connectivity index (χ4v) is 3.38. The Morgan fingerprint density at radius 2 is 1.57 bits per heavy atom. The van der Waals surface area contributed by atoms with E-state index >= 15 is 0 Å². The van der Waals surface area contributed by atoms with Crippen molar-refractivity contribution in [1.29, 1.82) is 0 Å². The van der Waals surface area contributed by atoms with E-state index in [0.29, 0.717) is 12.8 Å². The van der Waals surface area contributed by atoms with Crippen molar-refractivity contribution in [2.75, 3.05) is 34.2 Å². The topological polar surface area (TPSA) is 156 Å². The Hall–Kier alpha value is -2.74. The highest BCUT2D eigenvalue weighted by Gasteiger charge is 2.28. The number of methoxy groups -OCH3 is 3. The molecule has 198 valence electrons. The first-order chi connectivity index (χ1) is 16.6. The lowest BCUT2D eigenvalue weighted by atomic mass is 10.1. The van der Waals surface area contributed by atoms with Gasteiger partial charge < -0.3 is 29.6 Å². The van der Waals surface area contributed by atoms with E-state index in [1.165, 1.54) is 21.3 Å². The number of esters is 1. The van der Waals surface area contributed by atoms with Gasteiger partial charge in [0, 0.05) is 20.6 Å². The van der Waals surface area contributed by atoms with E-state index in [1.807, 2.05) is 6.07 Å². The minimum atomic E-state index is -3.76. The van der Waals surface area contributed by atoms with Crippen LogP contribution in [-0.2, 0) is 49.4 Å². The molecule has 0 radical (unpaired) electrons. The molecule has 0 saturated carbocycles. The Balaban J connectivity index is 2.81. The Morgan fingerprint density at radius 1 is 0.914 bits per heavy atom. The lowest BCUT2D eigenvalue weighted by molar-refractivity contribution is -0.146. The summed E-state index contributed by atoms with van der Waals surface area (Å²) in [6.45, 7) is -0.409. The zero-order valence-corrected chi connectivity index (χ0v) is 21.2. The summed E-state index contributed by atoms with van der Waals surface area (Å²) in [5.41, 5.74) is 0.736. The van der Waals surface area contributed by atoms with Gasteiger partial charge in [-0.2, -0.15) is 8.42 Å². The molecule has 0 aliphatic rings. The minimum absolute atomic E-state index is 0.0359. The summed E-state index contributed by atoms with van der Waals surface area (Å²) >= 11 is 0. The Kier molecular flexibility index (Phi) is 13.9. The molecule has 0 heterocycles. The van der Waals surface area contributed by atoms with Gasteiger partial charge in [0.05, 0.1) is 20.0 Å². The number of rotatable bonds is 16. The van der Waals surface area contributed by atoms with E-state index in [2.05, 4.69) is 10.6 Å². The number of carbonyl (C=O) groups is 3. The van der Waals surface area contributed by atoms with Gasteiger partial charge in [-0.15, -0.1) is 0 Å². The van der Waals surface area contributed by atoms with Crippen molar-refractivity contribution in [3.63, 3.8) is 0 Å². The van der Waals surface area contributed by atoms with Crippen LogP contribution in [0.5, 0.6) is 0 Å². The molecule has 1 aromatic carbocycles. The van der Waals surface area contributed by atoms with Gasteiger partial charge >= 0.3 is 12.1 Å². The molecule has 0 aliphatic heterocycles. The number of benzene rings is 1. The smallest absolute Gasteiger partial charge is 0.408 e. The second-order valence-corrected chi connectivity index (χ2v) is 9.13. The van der Waals surface area contributed by atoms with Crippen molar-refractivity contribution in [2.45, 2.75) is 50.7 Å². The maximum atomic E-state index is 12.9. The van der Waals surface area contributed by atoms with Gasteiger partial charge in [0.1, 0.15) is 18.7 Å². The van der Waals surface area contributed by atoms with Crippen molar-refractivity contribution in [1.82, 2.24) is 10.6 Å². The molecule has 1 rings (SSSR count). The molecule has 1 aromatic rings. The van der Waals surface area contributed by atoms with Crippen LogP contribution in [0.3, 0.4) is 0 Å². The minimum Gasteiger partial charge on any atom is -0.467 e. The maximum absolute atomic E-state index is 12.9. The average molecular weight is 519 g/mol. The van der Waals surface area contributed by atoms with E-state index in [-0.39, 0.29) is 26.1 Å². The molecule has 0 aliphatic carbocycles. The summed E-state index contributed by atoms with van der Waals surface area (Å²) in [5.74, 6) is -1.41. The van der Waals surface area contributed by atoms with Crippen LogP contribution in [0, 0.1) is 0 Å². The number of nitrogens with one attached hydrogen (secondary N) is 2. The maximum Gasteiger partial charge on any atom is 0.408 e. The van der Waals surface area contributed by atoms with Crippen molar-refractivity contribution < 1.29 is 45.9 Å². The molecule has 2 amide bonds. The summed E-state index contributed by atoms with van der Waals surface area (Å²) < 4.78 is 47.4. The largest absolute Gasteiger partial charge is 0.467 e. The van der Waals surface area contributed by atoms with Crippen LogP contribution in [0.2, 0.25) is 0 Å². The van der Waals surface area contributed by atoms with Gasteiger partial charge in [-0.1, -0.05) is 30.3 Å². The summed E-state index contributed by atoms with van der Waals surface area (Å²) in [6.07, 6.45) is 0.448. The quantitative estimate of drug-likeness (QED) is 0.185. The molecule has 0 spiro atoms. The first kappa shape index (κ1) is 30.3. The Bertz CT molecular complexity index is 891. The van der Waals surface area contributed by atoms with E-state index in [0.717, 1.165) is 11.8 Å². The van der Waals surface area contributed by atoms with Crippen molar-refractivity contribution in [2.24, 2.45) is 0 Å². The molecule has 0 unspecified atom stereocenters. The zero-order valence-electron chi connectivity index (χ0n) is 20.4. The normalized spacial score (nSPS) is 13.1. The van der Waals surface area contributed by atoms with E-state index < -0.39 is 46.5 Å². The van der Waals surface area contributed by atoms with E-state index in [4.69, 9.17) is 23.1 Å².